The predicted octanol–water partition coefficient (Wildman–Crippen LogP) is 6.26. The molecule has 0 spiro atoms. The quantitative estimate of drug-likeness (QED) is 0.0322. The number of carbonyl (C=O) groups excluding carboxylic acids is 9. The molecule has 0 aliphatic carbocycles. The first kappa shape index (κ1) is 97.7. The zero-order chi connectivity index (χ0) is 88.5. The van der Waals surface area contributed by atoms with Crippen molar-refractivity contribution in [1.29, 1.82) is 0 Å². The molecule has 2 amide bonds. The standard InChI is InChI=1S/C85H124N2O36/c1-13-18-23-30-39-105-78-73(104-38-22-17-5)71(67(103-37-21-16-4)58(113-78)42-101-35-19-14-2)120-76-47(6)65(66(102-36-20-15-3)60(112-76)46-109-84(80(95)99-11)40-54-61(86-82(97)115-54)69(121-84)63(92)56(110-50(9)90)43-106-48(7)88)118-79-74(117-75(94)52-31-26-24-27-32-52)72(68-59(114-79)45-108-77(119-68)53-33-28-25-29-34-53)123-85(81(96)100-12)41-55-62(87-83(98)116-55)70(122-85)64(93)57(111-51(10)91)44-107-49(8)89/h24-29,31-34,47,54-74,76-79,92-93H,13-23,30,35-46H2,1-12H3,(H,86,97)(H,87,98)/t47-,54+,55-,56+,57+,58?,59?,60?,61+,62-,63+,64?,65?,66+,67-,68?,69?,70?,71?,72?,73-,74-,76-,77?,78+,79-,84+,85+/m0/s1. The van der Waals surface area contributed by atoms with Crippen LogP contribution in [0.15, 0.2) is 60.7 Å². The van der Waals surface area contributed by atoms with Gasteiger partial charge in [0.1, 0.15) is 105 Å². The molecular formula is C85H124N2O36. The van der Waals surface area contributed by atoms with Gasteiger partial charge in [-0.3, -0.25) is 19.2 Å². The lowest BCUT2D eigenvalue weighted by molar-refractivity contribution is -0.412. The highest BCUT2D eigenvalue weighted by Crippen LogP contribution is 2.47. The number of aliphatic hydroxyl groups excluding tert-OH is 2. The van der Waals surface area contributed by atoms with Gasteiger partial charge in [-0.2, -0.15) is 0 Å². The lowest BCUT2D eigenvalue weighted by Crippen LogP contribution is -2.71. The molecule has 0 aromatic heterocycles. The van der Waals surface area contributed by atoms with Gasteiger partial charge >= 0.3 is 54.0 Å². The van der Waals surface area contributed by atoms with Crippen LogP contribution < -0.4 is 10.6 Å². The van der Waals surface area contributed by atoms with E-state index in [0.29, 0.717) is 44.3 Å². The van der Waals surface area contributed by atoms with Crippen LogP contribution in [0, 0.1) is 5.92 Å². The monoisotopic (exact) mass is 1750 g/mol. The van der Waals surface area contributed by atoms with E-state index < -0.39 is 257 Å². The summed E-state index contributed by atoms with van der Waals surface area (Å²) < 4.78 is 163. The Hall–Kier alpha value is -7.45. The third-order valence-corrected chi connectivity index (χ3v) is 22.3. The Balaban J connectivity index is 1.16. The number of hydrogen-bond donors (Lipinski definition) is 4. The maximum absolute atomic E-state index is 15.5. The van der Waals surface area contributed by atoms with E-state index in [-0.39, 0.29) is 45.2 Å². The third kappa shape index (κ3) is 25.5. The fraction of sp³-hybridized carbons (Fsp3) is 0.753. The fourth-order valence-electron chi connectivity index (χ4n) is 16.0. The van der Waals surface area contributed by atoms with Crippen molar-refractivity contribution in [2.45, 2.75) is 324 Å². The molecule has 38 heteroatoms. The second-order valence-corrected chi connectivity index (χ2v) is 31.6. The zero-order valence-electron chi connectivity index (χ0n) is 72.0. The number of nitrogens with one attached hydrogen (secondary N) is 2. The molecule has 8 heterocycles. The number of benzene rings is 2. The highest BCUT2D eigenvalue weighted by Gasteiger charge is 2.67. The Labute approximate surface area is 715 Å². The number of carbonyl (C=O) groups is 9. The van der Waals surface area contributed by atoms with Gasteiger partial charge in [0.25, 0.3) is 11.6 Å². The van der Waals surface area contributed by atoms with Gasteiger partial charge in [0.05, 0.1) is 70.6 Å². The molecule has 0 radical (unpaired) electrons. The van der Waals surface area contributed by atoms with Gasteiger partial charge in [-0.15, -0.1) is 0 Å². The van der Waals surface area contributed by atoms with Crippen molar-refractivity contribution in [3.8, 4) is 0 Å². The number of aliphatic hydroxyl groups is 2. The van der Waals surface area contributed by atoms with Crippen molar-refractivity contribution < 1.29 is 172 Å². The van der Waals surface area contributed by atoms with E-state index in [1.807, 2.05) is 27.7 Å². The number of unbranched alkanes of at least 4 members (excludes halogenated alkanes) is 7. The molecule has 0 bridgehead atoms. The molecule has 2 aromatic carbocycles. The first-order valence-electron chi connectivity index (χ1n) is 42.9. The molecule has 8 fully saturated rings. The zero-order valence-corrected chi connectivity index (χ0v) is 72.0. The predicted molar refractivity (Wildman–Crippen MR) is 420 cm³/mol. The lowest BCUT2D eigenvalue weighted by atomic mass is 9.88. The molecule has 11 unspecified atom stereocenters. The van der Waals surface area contributed by atoms with Crippen LogP contribution in [0.1, 0.15) is 181 Å². The van der Waals surface area contributed by atoms with Crippen molar-refractivity contribution in [2.24, 2.45) is 5.92 Å². The molecule has 2 aromatic rings. The maximum atomic E-state index is 15.5. The van der Waals surface area contributed by atoms with Crippen LogP contribution in [0.3, 0.4) is 0 Å². The van der Waals surface area contributed by atoms with Crippen molar-refractivity contribution in [1.82, 2.24) is 10.6 Å². The highest BCUT2D eigenvalue weighted by molar-refractivity contribution is 5.89. The summed E-state index contributed by atoms with van der Waals surface area (Å²) in [6.45, 7) is 14.5. The number of methoxy groups -OCH3 is 2. The first-order valence-corrected chi connectivity index (χ1v) is 42.9. The second kappa shape index (κ2) is 47.4. The summed E-state index contributed by atoms with van der Waals surface area (Å²) in [5, 5.41) is 30.1. The summed E-state index contributed by atoms with van der Waals surface area (Å²) in [7, 11) is 2.04. The Morgan fingerprint density at radius 3 is 1.55 bits per heavy atom. The van der Waals surface area contributed by atoms with E-state index in [1.54, 1.807) is 55.5 Å². The lowest BCUT2D eigenvalue weighted by Gasteiger charge is -2.54. The van der Waals surface area contributed by atoms with Crippen LogP contribution in [0.25, 0.3) is 0 Å². The molecule has 28 atom stereocenters. The number of fused-ring (bicyclic) bond motifs is 3. The number of ether oxygens (including phenoxy) is 25. The molecular weight excluding hydrogens is 1620 g/mol. The number of rotatable bonds is 47. The van der Waals surface area contributed by atoms with Crippen LogP contribution in [0.4, 0.5) is 9.59 Å². The van der Waals surface area contributed by atoms with Crippen LogP contribution in [0.2, 0.25) is 0 Å². The molecule has 690 valence electrons. The van der Waals surface area contributed by atoms with Gasteiger partial charge in [0.2, 0.25) is 0 Å². The third-order valence-electron chi connectivity index (χ3n) is 22.3. The minimum atomic E-state index is -2.89. The second-order valence-electron chi connectivity index (χ2n) is 31.6. The van der Waals surface area contributed by atoms with Gasteiger partial charge in [-0.25, -0.2) is 24.0 Å². The van der Waals surface area contributed by atoms with Crippen molar-refractivity contribution in [3.63, 3.8) is 0 Å². The van der Waals surface area contributed by atoms with Gasteiger partial charge in [0, 0.05) is 72.2 Å². The van der Waals surface area contributed by atoms with Crippen LogP contribution in [-0.2, 0) is 147 Å². The number of esters is 7. The fourth-order valence-corrected chi connectivity index (χ4v) is 16.0. The minimum Gasteiger partial charge on any atom is -0.465 e. The molecule has 8 saturated heterocycles. The summed E-state index contributed by atoms with van der Waals surface area (Å²) in [5.41, 5.74) is 0.463. The number of hydrogen-bond acceptors (Lipinski definition) is 36. The Morgan fingerprint density at radius 1 is 0.504 bits per heavy atom. The molecule has 123 heavy (non-hydrogen) atoms. The van der Waals surface area contributed by atoms with E-state index in [4.69, 9.17) is 118 Å². The molecule has 8 aliphatic heterocycles. The number of amides is 2. The Bertz CT molecular complexity index is 3680. The highest BCUT2D eigenvalue weighted by atomic mass is 16.8. The van der Waals surface area contributed by atoms with E-state index in [0.717, 1.165) is 86.9 Å². The molecule has 10 rings (SSSR count). The van der Waals surface area contributed by atoms with Gasteiger partial charge in [-0.1, -0.05) is 135 Å². The number of alkyl carbamates (subject to hydrolysis) is 2. The normalized spacial score (nSPS) is 33.1. The summed E-state index contributed by atoms with van der Waals surface area (Å²) in [6.07, 6.45) is -30.2. The topological polar surface area (TPSA) is 449 Å². The molecule has 8 aliphatic rings. The maximum Gasteiger partial charge on any atom is 0.407 e. The van der Waals surface area contributed by atoms with Crippen LogP contribution >= 0.6 is 0 Å². The summed E-state index contributed by atoms with van der Waals surface area (Å²) in [6, 6.07) is 13.8. The average molecular weight is 1750 g/mol. The van der Waals surface area contributed by atoms with Crippen LogP contribution in [0.5, 0.6) is 0 Å². The van der Waals surface area contributed by atoms with Crippen molar-refractivity contribution >= 4 is 54.0 Å². The smallest absolute Gasteiger partial charge is 0.407 e. The van der Waals surface area contributed by atoms with E-state index in [2.05, 4.69) is 17.6 Å². The van der Waals surface area contributed by atoms with E-state index in [1.165, 1.54) is 12.1 Å². The Morgan fingerprint density at radius 2 is 1.00 bits per heavy atom. The minimum absolute atomic E-state index is 0.0126. The van der Waals surface area contributed by atoms with Crippen LogP contribution in [-0.4, -0.2) is 303 Å². The largest absolute Gasteiger partial charge is 0.465 e. The average Bonchev–Trinajstić information content (AvgIpc) is 1.72. The van der Waals surface area contributed by atoms with Gasteiger partial charge < -0.3 is 139 Å². The summed E-state index contributed by atoms with van der Waals surface area (Å²) in [4.78, 5) is 123. The Kier molecular flexibility index (Phi) is 37.7. The first-order chi connectivity index (χ1) is 59.2. The van der Waals surface area contributed by atoms with Gasteiger partial charge in [-0.05, 0) is 44.2 Å². The van der Waals surface area contributed by atoms with E-state index in [9.17, 15) is 39.0 Å². The van der Waals surface area contributed by atoms with E-state index >= 15 is 14.4 Å². The summed E-state index contributed by atoms with van der Waals surface area (Å²) >= 11 is 0. The summed E-state index contributed by atoms with van der Waals surface area (Å²) in [5.74, 6) is -13.8. The SMILES string of the molecule is CCCCCCO[C@@H]1OC(COCCCC)[C@H](OCCCC)C(O[C@@H]2OC(CO[C@]3(C(=O)OC)C[C@H]4OC(=O)N[C@H]4C([C@H](O)[C@@H](COC(C)=O)OC(C)=O)O3)[C@@H](OCCCC)C(O[C@@H]3OC4COC(c5ccccc5)OC4C(O[C@@]4(C(=O)OC)C[C@@H]5OC(=O)N[C@@H]5C(C(O)[C@@H](COC(C)=O)OC(C)=O)O4)[C@@H]3OC(=O)c3ccccc3)[C@@H]2C)[C@@H]1OCCCC. The molecule has 38 nitrogen and oxygen atoms in total. The molecule has 0 saturated carbocycles. The molecule has 4 N–H and O–H groups in total. The van der Waals surface area contributed by atoms with Gasteiger partial charge in [0.15, 0.2) is 43.5 Å². The van der Waals surface area contributed by atoms with Crippen molar-refractivity contribution in [3.05, 3.63) is 71.8 Å². The van der Waals surface area contributed by atoms with Crippen molar-refractivity contribution in [2.75, 3.05) is 80.3 Å².